The van der Waals surface area contributed by atoms with Gasteiger partial charge in [-0.3, -0.25) is 0 Å². The Hall–Kier alpha value is -6.36. The van der Waals surface area contributed by atoms with E-state index in [1.165, 1.54) is 5.56 Å². The second-order valence-corrected chi connectivity index (χ2v) is 20.9. The third-order valence-corrected chi connectivity index (χ3v) is 14.4. The summed E-state index contributed by atoms with van der Waals surface area (Å²) in [4.78, 5) is 26.7. The molecule has 0 spiro atoms. The Bertz CT molecular complexity index is 3870. The SMILES string of the molecule is CCCCc1cc(I)cc(-c2nc(-c3cc(I)cc(I)c3)nc(-c3ccc(-n4c5ccccc5c5c6oc7ccccc7c6ccc54)c(-c4nc(-c5ccccc5)cc(-c5ccccc5)n4)c3)n2)c1. The number of unbranched alkanes of at least 4 members (excludes halogenated alkanes) is 1. The van der Waals surface area contributed by atoms with E-state index in [2.05, 4.69) is 213 Å². The largest absolute Gasteiger partial charge is 0.455 e. The van der Waals surface area contributed by atoms with Gasteiger partial charge in [0.15, 0.2) is 23.3 Å². The molecule has 0 amide bonds. The summed E-state index contributed by atoms with van der Waals surface area (Å²) in [5.74, 6) is 2.36. The summed E-state index contributed by atoms with van der Waals surface area (Å²) in [6.45, 7) is 2.23. The second-order valence-electron chi connectivity index (χ2n) is 17.1. The van der Waals surface area contributed by atoms with Crippen molar-refractivity contribution in [2.24, 2.45) is 0 Å². The van der Waals surface area contributed by atoms with Gasteiger partial charge in [-0.25, -0.2) is 24.9 Å². The van der Waals surface area contributed by atoms with Crippen molar-refractivity contribution < 1.29 is 4.42 Å². The molecule has 12 rings (SSSR count). The van der Waals surface area contributed by atoms with Crippen LogP contribution in [0.25, 0.3) is 117 Å². The van der Waals surface area contributed by atoms with Crippen LogP contribution in [0.15, 0.2) is 186 Å². The highest BCUT2D eigenvalue weighted by Gasteiger charge is 2.24. The molecule has 0 aliphatic rings. The van der Waals surface area contributed by atoms with E-state index in [9.17, 15) is 0 Å². The maximum absolute atomic E-state index is 6.73. The lowest BCUT2D eigenvalue weighted by Gasteiger charge is -2.17. The summed E-state index contributed by atoms with van der Waals surface area (Å²) in [6, 6.07) is 63.5. The summed E-state index contributed by atoms with van der Waals surface area (Å²) in [5.41, 5.74) is 13.1. The fourth-order valence-electron chi connectivity index (χ4n) is 9.38. The standard InChI is InChI=1S/C59H39I3N6O/c1-2-3-14-35-27-39(29-41(60)28-35)57-65-56(66-58(67-57)40-30-42(61)33-43(62)31-40)38-23-25-51(47(32-38)59-63-48(36-15-6-4-7-16-36)34-49(64-59)37-17-8-5-9-18-37)68-50-21-12-10-20-46(50)54-52(68)26-24-45-44-19-11-13-22-53(44)69-55(45)54/h4-13,15-34H,2-3,14H2,1H3. The molecular weight excluding hydrogens is 1190 g/mol. The Kier molecular flexibility index (Phi) is 11.8. The van der Waals surface area contributed by atoms with E-state index >= 15 is 0 Å². The van der Waals surface area contributed by atoms with Gasteiger partial charge in [-0.2, -0.15) is 0 Å². The highest BCUT2D eigenvalue weighted by Crippen LogP contribution is 2.43. The maximum Gasteiger partial charge on any atom is 0.164 e. The van der Waals surface area contributed by atoms with Crippen molar-refractivity contribution in [3.05, 3.63) is 198 Å². The van der Waals surface area contributed by atoms with Crippen LogP contribution in [-0.4, -0.2) is 29.5 Å². The first-order valence-corrected chi connectivity index (χ1v) is 26.1. The van der Waals surface area contributed by atoms with Crippen LogP contribution in [0.2, 0.25) is 0 Å². The number of halogens is 3. The van der Waals surface area contributed by atoms with Gasteiger partial charge in [-0.1, -0.05) is 110 Å². The molecule has 0 aliphatic heterocycles. The molecule has 0 fully saturated rings. The lowest BCUT2D eigenvalue weighted by atomic mass is 10.0. The van der Waals surface area contributed by atoms with E-state index in [4.69, 9.17) is 29.3 Å². The lowest BCUT2D eigenvalue weighted by molar-refractivity contribution is 0.673. The second kappa shape index (κ2) is 18.5. The number of aryl methyl sites for hydroxylation is 1. The number of aromatic nitrogens is 6. The molecule has 4 aromatic heterocycles. The topological polar surface area (TPSA) is 82.5 Å². The molecule has 12 aromatic rings. The van der Waals surface area contributed by atoms with Crippen LogP contribution in [0.5, 0.6) is 0 Å². The first-order chi connectivity index (χ1) is 33.8. The number of rotatable bonds is 10. The number of benzene rings is 8. The molecule has 10 heteroatoms. The third kappa shape index (κ3) is 8.39. The van der Waals surface area contributed by atoms with Gasteiger partial charge in [-0.05, 0) is 171 Å². The minimum atomic E-state index is 0.555. The third-order valence-electron chi connectivity index (χ3n) is 12.6. The Morgan fingerprint density at radius 1 is 0.449 bits per heavy atom. The van der Waals surface area contributed by atoms with E-state index in [0.717, 1.165) is 124 Å². The summed E-state index contributed by atoms with van der Waals surface area (Å²) in [7, 11) is 0. The van der Waals surface area contributed by atoms with Crippen LogP contribution in [0, 0.1) is 10.7 Å². The van der Waals surface area contributed by atoms with Crippen LogP contribution in [0.4, 0.5) is 0 Å². The monoisotopic (exact) mass is 1230 g/mol. The molecule has 0 N–H and O–H groups in total. The van der Waals surface area contributed by atoms with Gasteiger partial charge in [0.1, 0.15) is 11.2 Å². The smallest absolute Gasteiger partial charge is 0.164 e. The van der Waals surface area contributed by atoms with Gasteiger partial charge in [-0.15, -0.1) is 0 Å². The molecule has 0 saturated heterocycles. The molecule has 69 heavy (non-hydrogen) atoms. The van der Waals surface area contributed by atoms with Gasteiger partial charge in [0.25, 0.3) is 0 Å². The molecule has 7 nitrogen and oxygen atoms in total. The molecule has 8 aromatic carbocycles. The number of fused-ring (bicyclic) bond motifs is 7. The Morgan fingerprint density at radius 2 is 1.04 bits per heavy atom. The fourth-order valence-corrected chi connectivity index (χ4v) is 12.0. The Labute approximate surface area is 439 Å². The van der Waals surface area contributed by atoms with E-state index in [0.29, 0.717) is 23.3 Å². The summed E-state index contributed by atoms with van der Waals surface area (Å²) < 4.78 is 12.4. The summed E-state index contributed by atoms with van der Waals surface area (Å²) in [6.07, 6.45) is 3.22. The van der Waals surface area contributed by atoms with Crippen molar-refractivity contribution in [2.75, 3.05) is 0 Å². The predicted molar refractivity (Wildman–Crippen MR) is 306 cm³/mol. The maximum atomic E-state index is 6.73. The Balaban J connectivity index is 1.15. The molecule has 0 atom stereocenters. The zero-order valence-electron chi connectivity index (χ0n) is 37.2. The minimum absolute atomic E-state index is 0.555. The number of nitrogens with zero attached hydrogens (tertiary/aromatic N) is 6. The molecule has 0 bridgehead atoms. The van der Waals surface area contributed by atoms with Crippen LogP contribution in [0.3, 0.4) is 0 Å². The average Bonchev–Trinajstić information content (AvgIpc) is 3.93. The van der Waals surface area contributed by atoms with E-state index in [1.807, 2.05) is 48.5 Å². The quantitative estimate of drug-likeness (QED) is 0.127. The number of hydrogen-bond acceptors (Lipinski definition) is 6. The number of furan rings is 1. The van der Waals surface area contributed by atoms with E-state index in [1.54, 1.807) is 0 Å². The summed E-state index contributed by atoms with van der Waals surface area (Å²) in [5, 5.41) is 4.31. The molecule has 0 radical (unpaired) electrons. The zero-order valence-corrected chi connectivity index (χ0v) is 43.6. The van der Waals surface area contributed by atoms with Gasteiger partial charge in [0.2, 0.25) is 0 Å². The van der Waals surface area contributed by atoms with Crippen LogP contribution in [-0.2, 0) is 6.42 Å². The molecule has 0 saturated carbocycles. The zero-order chi connectivity index (χ0) is 46.6. The minimum Gasteiger partial charge on any atom is -0.455 e. The highest BCUT2D eigenvalue weighted by molar-refractivity contribution is 14.1. The first-order valence-electron chi connectivity index (χ1n) is 22.9. The van der Waals surface area contributed by atoms with Gasteiger partial charge >= 0.3 is 0 Å². The van der Waals surface area contributed by atoms with Gasteiger partial charge in [0.05, 0.1) is 33.5 Å². The van der Waals surface area contributed by atoms with Gasteiger partial charge < -0.3 is 8.98 Å². The van der Waals surface area contributed by atoms with E-state index in [-0.39, 0.29) is 0 Å². The van der Waals surface area contributed by atoms with E-state index < -0.39 is 0 Å². The molecule has 0 aliphatic carbocycles. The lowest BCUT2D eigenvalue weighted by Crippen LogP contribution is -2.04. The first kappa shape index (κ1) is 43.9. The average molecular weight is 1230 g/mol. The van der Waals surface area contributed by atoms with Crippen molar-refractivity contribution >= 4 is 112 Å². The molecule has 4 heterocycles. The predicted octanol–water partition coefficient (Wildman–Crippen LogP) is 16.8. The van der Waals surface area contributed by atoms with Crippen molar-refractivity contribution in [1.82, 2.24) is 29.5 Å². The molecular formula is C59H39I3N6O. The van der Waals surface area contributed by atoms with Gasteiger partial charge in [0, 0.05) is 60.2 Å². The van der Waals surface area contributed by atoms with Crippen molar-refractivity contribution in [1.29, 1.82) is 0 Å². The Morgan fingerprint density at radius 3 is 1.72 bits per heavy atom. The molecule has 332 valence electrons. The van der Waals surface area contributed by atoms with Crippen LogP contribution >= 0.6 is 67.8 Å². The van der Waals surface area contributed by atoms with Crippen molar-refractivity contribution in [3.8, 4) is 73.8 Å². The highest BCUT2D eigenvalue weighted by atomic mass is 127. The van der Waals surface area contributed by atoms with Crippen molar-refractivity contribution in [3.63, 3.8) is 0 Å². The fraction of sp³-hybridized carbons (Fsp3) is 0.0678. The number of para-hydroxylation sites is 2. The normalized spacial score (nSPS) is 11.7. The van der Waals surface area contributed by atoms with Crippen LogP contribution in [0.1, 0.15) is 25.3 Å². The van der Waals surface area contributed by atoms with Crippen LogP contribution < -0.4 is 0 Å². The van der Waals surface area contributed by atoms with Crippen molar-refractivity contribution in [2.45, 2.75) is 26.2 Å². The summed E-state index contributed by atoms with van der Waals surface area (Å²) >= 11 is 7.16. The molecule has 0 unspecified atom stereocenters. The number of hydrogen-bond donors (Lipinski definition) is 0.